The smallest absolute Gasteiger partial charge is 0.276 e. The summed E-state index contributed by atoms with van der Waals surface area (Å²) < 4.78 is 5.97. The number of ether oxygens (including phenoxy) is 1. The van der Waals surface area contributed by atoms with Gasteiger partial charge < -0.3 is 25.7 Å². The third-order valence-electron chi connectivity index (χ3n) is 6.10. The van der Waals surface area contributed by atoms with Crippen molar-refractivity contribution < 1.29 is 14.3 Å². The first-order valence-corrected chi connectivity index (χ1v) is 11.6. The fourth-order valence-electron chi connectivity index (χ4n) is 4.09. The lowest BCUT2D eigenvalue weighted by Crippen LogP contribution is -2.30. The predicted molar refractivity (Wildman–Crippen MR) is 133 cm³/mol. The molecule has 0 unspecified atom stereocenters. The third kappa shape index (κ3) is 5.63. The van der Waals surface area contributed by atoms with E-state index in [4.69, 9.17) is 4.74 Å². The molecule has 3 aromatic rings. The van der Waals surface area contributed by atoms with Gasteiger partial charge in [-0.1, -0.05) is 17.7 Å². The molecule has 0 saturated carbocycles. The molecule has 1 aliphatic rings. The molecule has 1 aromatic heterocycles. The molecule has 2 amide bonds. The molecule has 4 rings (SSSR count). The lowest BCUT2D eigenvalue weighted by Gasteiger charge is -2.22. The summed E-state index contributed by atoms with van der Waals surface area (Å²) in [7, 11) is 0. The summed E-state index contributed by atoms with van der Waals surface area (Å²) in [5.41, 5.74) is 4.39. The van der Waals surface area contributed by atoms with E-state index in [1.54, 1.807) is 0 Å². The molecule has 34 heavy (non-hydrogen) atoms. The number of imidazole rings is 1. The summed E-state index contributed by atoms with van der Waals surface area (Å²) in [5.74, 6) is 0.463. The van der Waals surface area contributed by atoms with Gasteiger partial charge in [-0.25, -0.2) is 4.98 Å². The highest BCUT2D eigenvalue weighted by atomic mass is 16.5. The minimum Gasteiger partial charge on any atom is -0.493 e. The quantitative estimate of drug-likeness (QED) is 0.421. The maximum Gasteiger partial charge on any atom is 0.276 e. The van der Waals surface area contributed by atoms with Gasteiger partial charge in [-0.2, -0.15) is 0 Å². The average Bonchev–Trinajstić information content (AvgIpc) is 3.32. The zero-order valence-electron chi connectivity index (χ0n) is 19.8. The van der Waals surface area contributed by atoms with Gasteiger partial charge in [-0.05, 0) is 88.0 Å². The van der Waals surface area contributed by atoms with Gasteiger partial charge >= 0.3 is 0 Å². The van der Waals surface area contributed by atoms with E-state index in [0.717, 1.165) is 48.4 Å². The van der Waals surface area contributed by atoms with Gasteiger partial charge in [0.1, 0.15) is 11.4 Å². The summed E-state index contributed by atoms with van der Waals surface area (Å²) in [4.78, 5) is 32.6. The Labute approximate surface area is 199 Å². The molecule has 1 fully saturated rings. The van der Waals surface area contributed by atoms with Crippen LogP contribution in [0, 0.1) is 26.7 Å². The summed E-state index contributed by atoms with van der Waals surface area (Å²) in [6.07, 6.45) is 3.59. The monoisotopic (exact) mass is 461 g/mol. The SMILES string of the molecule is Cc1ccc(NC(=O)c2nc[nH]c2C(=O)Nc2ccc(OCC3CCNCC3)cc2C)c(C)c1. The summed E-state index contributed by atoms with van der Waals surface area (Å²) in [6.45, 7) is 8.59. The van der Waals surface area contributed by atoms with Gasteiger partial charge in [0.25, 0.3) is 11.8 Å². The first-order valence-electron chi connectivity index (χ1n) is 11.6. The van der Waals surface area contributed by atoms with Gasteiger partial charge in [0.05, 0.1) is 12.9 Å². The van der Waals surface area contributed by atoms with Crippen LogP contribution in [-0.2, 0) is 0 Å². The molecule has 8 nitrogen and oxygen atoms in total. The van der Waals surface area contributed by atoms with Crippen LogP contribution in [0.4, 0.5) is 11.4 Å². The van der Waals surface area contributed by atoms with Gasteiger partial charge in [0, 0.05) is 11.4 Å². The van der Waals surface area contributed by atoms with Crippen molar-refractivity contribution in [1.29, 1.82) is 0 Å². The van der Waals surface area contributed by atoms with E-state index >= 15 is 0 Å². The molecular weight excluding hydrogens is 430 g/mol. The molecule has 8 heteroatoms. The normalized spacial score (nSPS) is 14.0. The largest absolute Gasteiger partial charge is 0.493 e. The van der Waals surface area contributed by atoms with Gasteiger partial charge in [0.15, 0.2) is 5.69 Å². The number of H-pyrrole nitrogens is 1. The van der Waals surface area contributed by atoms with Crippen LogP contribution in [0.15, 0.2) is 42.7 Å². The number of amides is 2. The maximum absolute atomic E-state index is 12.9. The van der Waals surface area contributed by atoms with Crippen LogP contribution in [-0.4, -0.2) is 41.5 Å². The fraction of sp³-hybridized carbons (Fsp3) is 0.346. The van der Waals surface area contributed by atoms with Crippen molar-refractivity contribution in [3.8, 4) is 5.75 Å². The average molecular weight is 462 g/mol. The van der Waals surface area contributed by atoms with Crippen LogP contribution >= 0.6 is 0 Å². The van der Waals surface area contributed by atoms with Gasteiger partial charge in [0.2, 0.25) is 0 Å². The molecule has 0 atom stereocenters. The first kappa shape index (κ1) is 23.5. The summed E-state index contributed by atoms with van der Waals surface area (Å²) >= 11 is 0. The summed E-state index contributed by atoms with van der Waals surface area (Å²) in [5, 5.41) is 9.06. The van der Waals surface area contributed by atoms with E-state index in [9.17, 15) is 9.59 Å². The number of nitrogens with one attached hydrogen (secondary N) is 4. The molecule has 2 aromatic carbocycles. The third-order valence-corrected chi connectivity index (χ3v) is 6.10. The topological polar surface area (TPSA) is 108 Å². The molecule has 1 aliphatic heterocycles. The maximum atomic E-state index is 12.9. The van der Waals surface area contributed by atoms with Gasteiger partial charge in [-0.3, -0.25) is 9.59 Å². The van der Waals surface area contributed by atoms with E-state index in [1.807, 2.05) is 57.2 Å². The molecule has 0 radical (unpaired) electrons. The van der Waals surface area contributed by atoms with E-state index in [-0.39, 0.29) is 11.4 Å². The van der Waals surface area contributed by atoms with Crippen molar-refractivity contribution in [2.24, 2.45) is 5.92 Å². The van der Waals surface area contributed by atoms with Gasteiger partial charge in [-0.15, -0.1) is 0 Å². The number of hydrogen-bond donors (Lipinski definition) is 4. The number of benzene rings is 2. The molecule has 0 aliphatic carbocycles. The molecule has 4 N–H and O–H groups in total. The Hall–Kier alpha value is -3.65. The number of nitrogens with zero attached hydrogens (tertiary/aromatic N) is 1. The zero-order valence-corrected chi connectivity index (χ0v) is 19.8. The van der Waals surface area contributed by atoms with E-state index in [2.05, 4.69) is 25.9 Å². The highest BCUT2D eigenvalue weighted by Gasteiger charge is 2.22. The molecule has 178 valence electrons. The number of rotatable bonds is 7. The number of aromatic amines is 1. The first-order chi connectivity index (χ1) is 16.4. The molecule has 1 saturated heterocycles. The predicted octanol–water partition coefficient (Wildman–Crippen LogP) is 4.22. The molecule has 0 spiro atoms. The Balaban J connectivity index is 1.40. The number of aromatic nitrogens is 2. The van der Waals surface area contributed by atoms with Crippen LogP contribution in [0.2, 0.25) is 0 Å². The number of hydrogen-bond acceptors (Lipinski definition) is 5. The molecule has 2 heterocycles. The highest BCUT2D eigenvalue weighted by Crippen LogP contribution is 2.24. The minimum absolute atomic E-state index is 0.0389. The molecule has 0 bridgehead atoms. The Morgan fingerprint density at radius 1 is 0.971 bits per heavy atom. The van der Waals surface area contributed by atoms with Crippen molar-refractivity contribution in [3.63, 3.8) is 0 Å². The van der Waals surface area contributed by atoms with Crippen molar-refractivity contribution in [1.82, 2.24) is 15.3 Å². The Kier molecular flexibility index (Phi) is 7.27. The van der Waals surface area contributed by atoms with Crippen molar-refractivity contribution in [2.45, 2.75) is 33.6 Å². The van der Waals surface area contributed by atoms with E-state index < -0.39 is 11.8 Å². The Bertz CT molecular complexity index is 1180. The number of aryl methyl sites for hydroxylation is 3. The second-order valence-electron chi connectivity index (χ2n) is 8.83. The fourth-order valence-corrected chi connectivity index (χ4v) is 4.09. The zero-order chi connectivity index (χ0) is 24.1. The Morgan fingerprint density at radius 3 is 2.35 bits per heavy atom. The van der Waals surface area contributed by atoms with Crippen LogP contribution in [0.3, 0.4) is 0 Å². The minimum atomic E-state index is -0.447. The van der Waals surface area contributed by atoms with Crippen LogP contribution in [0.25, 0.3) is 0 Å². The number of piperidine rings is 1. The summed E-state index contributed by atoms with van der Waals surface area (Å²) in [6, 6.07) is 11.3. The second kappa shape index (κ2) is 10.5. The highest BCUT2D eigenvalue weighted by molar-refractivity contribution is 6.13. The number of anilines is 2. The van der Waals surface area contributed by atoms with E-state index in [0.29, 0.717) is 23.9 Å². The van der Waals surface area contributed by atoms with Crippen molar-refractivity contribution >= 4 is 23.2 Å². The standard InChI is InChI=1S/C26H31N5O3/c1-16-4-6-21(17(2)12-16)30-25(32)23-24(29-15-28-23)26(33)31-22-7-5-20(13-18(22)3)34-14-19-8-10-27-11-9-19/h4-7,12-13,15,19,27H,8-11,14H2,1-3H3,(H,28,29)(H,30,32)(H,31,33). The van der Waals surface area contributed by atoms with E-state index in [1.165, 1.54) is 6.33 Å². The molecular formula is C26H31N5O3. The van der Waals surface area contributed by atoms with Crippen molar-refractivity contribution in [3.05, 3.63) is 70.8 Å². The number of carbonyl (C=O) groups excluding carboxylic acids is 2. The Morgan fingerprint density at radius 2 is 1.65 bits per heavy atom. The second-order valence-corrected chi connectivity index (χ2v) is 8.83. The number of carbonyl (C=O) groups is 2. The lowest BCUT2D eigenvalue weighted by molar-refractivity contribution is 0.0985. The van der Waals surface area contributed by atoms with Crippen LogP contribution in [0.5, 0.6) is 5.75 Å². The van der Waals surface area contributed by atoms with Crippen LogP contribution < -0.4 is 20.7 Å². The lowest BCUT2D eigenvalue weighted by atomic mass is 9.99. The van der Waals surface area contributed by atoms with Crippen molar-refractivity contribution in [2.75, 3.05) is 30.3 Å². The van der Waals surface area contributed by atoms with Crippen LogP contribution in [0.1, 0.15) is 50.5 Å².